The van der Waals surface area contributed by atoms with E-state index in [2.05, 4.69) is 0 Å². The number of carbonyl (C=O) groups is 1. The number of thiocarbonyl (C=S) groups is 1. The summed E-state index contributed by atoms with van der Waals surface area (Å²) in [4.78, 5) is 14.7. The molecule has 0 aromatic heterocycles. The molecule has 0 radical (unpaired) electrons. The second-order valence-corrected chi connectivity index (χ2v) is 6.90. The number of ether oxygens (including phenoxy) is 1. The fourth-order valence-corrected chi connectivity index (χ4v) is 3.70. The zero-order chi connectivity index (χ0) is 15.4. The number of nitrogens with zero attached hydrogens (tertiary/aromatic N) is 1. The maximum Gasteiger partial charge on any atom is 0.266 e. The standard InChI is InChI=1S/C17H17NO2S2/c19-16-15(10-4-8-13-6-2-1-3-7-13)22-17(21)18(16)12-14-9-5-11-20-14/h1-4,6-8,10,14H,5,9,11-12H2/b8-4+,15-10-. The van der Waals surface area contributed by atoms with Crippen molar-refractivity contribution in [3.63, 3.8) is 0 Å². The van der Waals surface area contributed by atoms with Crippen LogP contribution in [0, 0.1) is 0 Å². The van der Waals surface area contributed by atoms with Gasteiger partial charge in [0, 0.05) is 6.61 Å². The first-order valence-corrected chi connectivity index (χ1v) is 8.55. The van der Waals surface area contributed by atoms with Gasteiger partial charge in [0.15, 0.2) is 0 Å². The highest BCUT2D eigenvalue weighted by atomic mass is 32.2. The lowest BCUT2D eigenvalue weighted by molar-refractivity contribution is -0.123. The topological polar surface area (TPSA) is 29.5 Å². The van der Waals surface area contributed by atoms with Crippen LogP contribution in [0.5, 0.6) is 0 Å². The van der Waals surface area contributed by atoms with Crippen LogP contribution in [0.15, 0.2) is 47.4 Å². The van der Waals surface area contributed by atoms with E-state index >= 15 is 0 Å². The van der Waals surface area contributed by atoms with Crippen molar-refractivity contribution < 1.29 is 9.53 Å². The summed E-state index contributed by atoms with van der Waals surface area (Å²) in [5.74, 6) is -0.0109. The van der Waals surface area contributed by atoms with Crippen molar-refractivity contribution in [2.24, 2.45) is 0 Å². The van der Waals surface area contributed by atoms with Crippen molar-refractivity contribution in [2.75, 3.05) is 13.2 Å². The molecule has 5 heteroatoms. The van der Waals surface area contributed by atoms with Crippen molar-refractivity contribution in [1.82, 2.24) is 4.90 Å². The fourth-order valence-electron chi connectivity index (χ4n) is 2.47. The molecule has 1 aromatic carbocycles. The first kappa shape index (κ1) is 15.5. The lowest BCUT2D eigenvalue weighted by atomic mass is 10.2. The SMILES string of the molecule is O=C1/C(=C/C=C/c2ccccc2)SC(=S)N1CC1CCCO1. The number of hydrogen-bond acceptors (Lipinski definition) is 4. The summed E-state index contributed by atoms with van der Waals surface area (Å²) in [6.45, 7) is 1.36. The molecule has 1 unspecified atom stereocenters. The van der Waals surface area contributed by atoms with E-state index in [0.29, 0.717) is 15.8 Å². The summed E-state index contributed by atoms with van der Waals surface area (Å²) in [6.07, 6.45) is 7.91. The van der Waals surface area contributed by atoms with Crippen LogP contribution in [0.25, 0.3) is 6.08 Å². The van der Waals surface area contributed by atoms with Crippen LogP contribution in [-0.4, -0.2) is 34.4 Å². The Morgan fingerprint density at radius 3 is 2.91 bits per heavy atom. The third-order valence-corrected chi connectivity index (χ3v) is 5.02. The summed E-state index contributed by atoms with van der Waals surface area (Å²) in [7, 11) is 0. The highest BCUT2D eigenvalue weighted by Crippen LogP contribution is 2.32. The molecule has 2 fully saturated rings. The minimum atomic E-state index is -0.0109. The molecule has 2 aliphatic rings. The fraction of sp³-hybridized carbons (Fsp3) is 0.294. The zero-order valence-electron chi connectivity index (χ0n) is 12.1. The molecule has 0 aliphatic carbocycles. The van der Waals surface area contributed by atoms with E-state index in [1.165, 1.54) is 11.8 Å². The average Bonchev–Trinajstić information content (AvgIpc) is 3.13. The van der Waals surface area contributed by atoms with Gasteiger partial charge >= 0.3 is 0 Å². The predicted octanol–water partition coefficient (Wildman–Crippen LogP) is 3.62. The molecule has 2 aliphatic heterocycles. The third kappa shape index (κ3) is 3.66. The number of benzene rings is 1. The van der Waals surface area contributed by atoms with Gasteiger partial charge in [-0.15, -0.1) is 0 Å². The maximum absolute atomic E-state index is 12.4. The van der Waals surface area contributed by atoms with Crippen molar-refractivity contribution >= 4 is 40.3 Å². The first-order chi connectivity index (χ1) is 10.7. The van der Waals surface area contributed by atoms with Crippen molar-refractivity contribution in [2.45, 2.75) is 18.9 Å². The normalized spacial score (nSPS) is 24.1. The number of allylic oxidation sites excluding steroid dienone is 2. The minimum absolute atomic E-state index is 0.0109. The molecule has 0 bridgehead atoms. The van der Waals surface area contributed by atoms with Crippen LogP contribution in [0.2, 0.25) is 0 Å². The molecule has 1 atom stereocenters. The Morgan fingerprint density at radius 2 is 2.18 bits per heavy atom. The summed E-state index contributed by atoms with van der Waals surface area (Å²) < 4.78 is 6.21. The molecular formula is C17H17NO2S2. The van der Waals surface area contributed by atoms with Gasteiger partial charge in [-0.2, -0.15) is 0 Å². The Labute approximate surface area is 140 Å². The Kier molecular flexibility index (Phi) is 5.08. The van der Waals surface area contributed by atoms with Gasteiger partial charge in [0.25, 0.3) is 5.91 Å². The van der Waals surface area contributed by atoms with E-state index < -0.39 is 0 Å². The van der Waals surface area contributed by atoms with E-state index in [1.54, 1.807) is 4.90 Å². The van der Waals surface area contributed by atoms with E-state index in [-0.39, 0.29) is 12.0 Å². The van der Waals surface area contributed by atoms with Crippen molar-refractivity contribution in [3.05, 3.63) is 53.0 Å². The van der Waals surface area contributed by atoms with Crippen LogP contribution < -0.4 is 0 Å². The summed E-state index contributed by atoms with van der Waals surface area (Å²) in [5, 5.41) is 0. The highest BCUT2D eigenvalue weighted by molar-refractivity contribution is 8.26. The number of rotatable bonds is 4. The van der Waals surface area contributed by atoms with Crippen molar-refractivity contribution in [3.8, 4) is 0 Å². The Hall–Kier alpha value is -1.43. The second kappa shape index (κ2) is 7.22. The minimum Gasteiger partial charge on any atom is -0.376 e. The monoisotopic (exact) mass is 331 g/mol. The number of hydrogen-bond donors (Lipinski definition) is 0. The Balaban J connectivity index is 1.65. The quantitative estimate of drug-likeness (QED) is 0.622. The summed E-state index contributed by atoms with van der Waals surface area (Å²) in [6, 6.07) is 10.00. The average molecular weight is 331 g/mol. The lowest BCUT2D eigenvalue weighted by Crippen LogP contribution is -2.35. The van der Waals surface area contributed by atoms with Crippen LogP contribution in [-0.2, 0) is 9.53 Å². The number of thioether (sulfide) groups is 1. The molecular weight excluding hydrogens is 314 g/mol. The molecule has 1 aromatic rings. The molecule has 0 saturated carbocycles. The first-order valence-electron chi connectivity index (χ1n) is 7.33. The van der Waals surface area contributed by atoms with E-state index in [4.69, 9.17) is 17.0 Å². The largest absolute Gasteiger partial charge is 0.376 e. The molecule has 2 saturated heterocycles. The van der Waals surface area contributed by atoms with Gasteiger partial charge in [-0.1, -0.05) is 66.5 Å². The van der Waals surface area contributed by atoms with Crippen LogP contribution in [0.4, 0.5) is 0 Å². The molecule has 0 spiro atoms. The zero-order valence-corrected chi connectivity index (χ0v) is 13.7. The van der Waals surface area contributed by atoms with Gasteiger partial charge in [-0.05, 0) is 24.5 Å². The van der Waals surface area contributed by atoms with Crippen LogP contribution in [0.3, 0.4) is 0 Å². The number of amides is 1. The van der Waals surface area contributed by atoms with Gasteiger partial charge in [-0.3, -0.25) is 9.69 Å². The molecule has 22 heavy (non-hydrogen) atoms. The molecule has 2 heterocycles. The van der Waals surface area contributed by atoms with E-state index in [0.717, 1.165) is 25.0 Å². The Bertz CT molecular complexity index is 619. The van der Waals surface area contributed by atoms with Gasteiger partial charge in [0.2, 0.25) is 0 Å². The molecule has 3 nitrogen and oxygen atoms in total. The smallest absolute Gasteiger partial charge is 0.266 e. The van der Waals surface area contributed by atoms with Gasteiger partial charge in [-0.25, -0.2) is 0 Å². The predicted molar refractivity (Wildman–Crippen MR) is 94.4 cm³/mol. The van der Waals surface area contributed by atoms with Crippen LogP contribution in [0.1, 0.15) is 18.4 Å². The van der Waals surface area contributed by atoms with Crippen molar-refractivity contribution in [1.29, 1.82) is 0 Å². The van der Waals surface area contributed by atoms with E-state index in [9.17, 15) is 4.79 Å². The lowest BCUT2D eigenvalue weighted by Gasteiger charge is -2.18. The van der Waals surface area contributed by atoms with E-state index in [1.807, 2.05) is 48.6 Å². The maximum atomic E-state index is 12.4. The van der Waals surface area contributed by atoms with Gasteiger partial charge in [0.05, 0.1) is 17.6 Å². The number of carbonyl (C=O) groups excluding carboxylic acids is 1. The molecule has 1 amide bonds. The van der Waals surface area contributed by atoms with Gasteiger partial charge in [0.1, 0.15) is 4.32 Å². The Morgan fingerprint density at radius 1 is 1.36 bits per heavy atom. The highest BCUT2D eigenvalue weighted by Gasteiger charge is 2.34. The molecule has 3 rings (SSSR count). The van der Waals surface area contributed by atoms with Gasteiger partial charge < -0.3 is 4.74 Å². The second-order valence-electron chi connectivity index (χ2n) is 5.22. The third-order valence-electron chi connectivity index (χ3n) is 3.62. The van der Waals surface area contributed by atoms with Crippen LogP contribution >= 0.6 is 24.0 Å². The summed E-state index contributed by atoms with van der Waals surface area (Å²) in [5.41, 5.74) is 1.11. The molecule has 0 N–H and O–H groups in total. The molecule has 114 valence electrons. The summed E-state index contributed by atoms with van der Waals surface area (Å²) >= 11 is 6.68.